The normalized spacial score (nSPS) is 29.0. The topological polar surface area (TPSA) is 132 Å². The van der Waals surface area contributed by atoms with E-state index in [-0.39, 0.29) is 18.6 Å². The van der Waals surface area contributed by atoms with Crippen molar-refractivity contribution in [2.24, 2.45) is 5.92 Å². The van der Waals surface area contributed by atoms with Gasteiger partial charge in [0.05, 0.1) is 18.5 Å². The number of fused-ring (bicyclic) bond motifs is 1. The highest BCUT2D eigenvalue weighted by Crippen LogP contribution is 2.37. The van der Waals surface area contributed by atoms with Crippen molar-refractivity contribution < 1.29 is 15.3 Å². The molecule has 3 aromatic heterocycles. The van der Waals surface area contributed by atoms with Gasteiger partial charge in [-0.15, -0.1) is 0 Å². The number of aliphatic hydroxyl groups excluding tert-OH is 3. The predicted octanol–water partition coefficient (Wildman–Crippen LogP) is 0.187. The molecule has 2 fully saturated rings. The summed E-state index contributed by atoms with van der Waals surface area (Å²) in [6, 6.07) is 5.71. The van der Waals surface area contributed by atoms with Gasteiger partial charge in [-0.3, -0.25) is 0 Å². The number of anilines is 2. The summed E-state index contributed by atoms with van der Waals surface area (Å²) in [7, 11) is 0. The molecule has 10 heteroatoms. The SMILES string of the molecule is OC[C@H]1C[C@@H](n2cnc3c(N[C@H]4CCN(c5ccccn5)C4)ncnc32)[C@H](O)[C@@H]1O. The fraction of sp³-hybridized carbons (Fsp3) is 0.500. The summed E-state index contributed by atoms with van der Waals surface area (Å²) in [4.78, 5) is 19.9. The molecule has 0 bridgehead atoms. The summed E-state index contributed by atoms with van der Waals surface area (Å²) >= 11 is 0. The molecule has 3 aromatic rings. The molecule has 10 nitrogen and oxygen atoms in total. The van der Waals surface area contributed by atoms with Crippen molar-refractivity contribution in [3.05, 3.63) is 37.1 Å². The zero-order chi connectivity index (χ0) is 20.7. The van der Waals surface area contributed by atoms with Crippen LogP contribution in [0, 0.1) is 5.92 Å². The zero-order valence-corrected chi connectivity index (χ0v) is 16.4. The number of hydrogen-bond acceptors (Lipinski definition) is 9. The van der Waals surface area contributed by atoms with Gasteiger partial charge in [0.25, 0.3) is 0 Å². The molecule has 2 aliphatic rings. The van der Waals surface area contributed by atoms with Crippen LogP contribution in [0.4, 0.5) is 11.6 Å². The van der Waals surface area contributed by atoms with E-state index >= 15 is 0 Å². The second-order valence-electron chi connectivity index (χ2n) is 8.04. The van der Waals surface area contributed by atoms with Crippen LogP contribution in [-0.4, -0.2) is 77.8 Å². The lowest BCUT2D eigenvalue weighted by Crippen LogP contribution is -2.30. The maximum absolute atomic E-state index is 10.4. The molecule has 5 atom stereocenters. The number of nitrogens with one attached hydrogen (secondary N) is 1. The molecule has 4 heterocycles. The summed E-state index contributed by atoms with van der Waals surface area (Å²) in [5, 5.41) is 33.5. The third-order valence-electron chi connectivity index (χ3n) is 6.22. The summed E-state index contributed by atoms with van der Waals surface area (Å²) < 4.78 is 1.78. The van der Waals surface area contributed by atoms with E-state index in [4.69, 9.17) is 0 Å². The first-order valence-corrected chi connectivity index (χ1v) is 10.2. The minimum atomic E-state index is -0.979. The smallest absolute Gasteiger partial charge is 0.165 e. The number of imidazole rings is 1. The van der Waals surface area contributed by atoms with Gasteiger partial charge in [-0.2, -0.15) is 0 Å². The van der Waals surface area contributed by atoms with Crippen molar-refractivity contribution in [2.75, 3.05) is 29.9 Å². The molecule has 1 saturated carbocycles. The number of nitrogens with zero attached hydrogens (tertiary/aromatic N) is 6. The van der Waals surface area contributed by atoms with Crippen molar-refractivity contribution in [3.8, 4) is 0 Å². The van der Waals surface area contributed by atoms with Gasteiger partial charge in [-0.1, -0.05) is 6.07 Å². The number of rotatable bonds is 5. The molecule has 30 heavy (non-hydrogen) atoms. The highest BCUT2D eigenvalue weighted by atomic mass is 16.3. The van der Waals surface area contributed by atoms with Crippen LogP contribution in [0.1, 0.15) is 18.9 Å². The average molecular weight is 411 g/mol. The Bertz CT molecular complexity index is 1010. The molecular formula is C20H25N7O3. The van der Waals surface area contributed by atoms with Crippen LogP contribution in [0.5, 0.6) is 0 Å². The second kappa shape index (κ2) is 7.78. The monoisotopic (exact) mass is 411 g/mol. The van der Waals surface area contributed by atoms with Crippen molar-refractivity contribution in [3.63, 3.8) is 0 Å². The van der Waals surface area contributed by atoms with Crippen LogP contribution in [0.25, 0.3) is 11.2 Å². The van der Waals surface area contributed by atoms with Crippen molar-refractivity contribution in [1.82, 2.24) is 24.5 Å². The first-order valence-electron chi connectivity index (χ1n) is 10.2. The lowest BCUT2D eigenvalue weighted by Gasteiger charge is -2.19. The van der Waals surface area contributed by atoms with E-state index in [1.807, 2.05) is 18.2 Å². The molecule has 4 N–H and O–H groups in total. The molecule has 0 unspecified atom stereocenters. The van der Waals surface area contributed by atoms with Crippen LogP contribution in [0.2, 0.25) is 0 Å². The fourth-order valence-corrected chi connectivity index (χ4v) is 4.58. The first kappa shape index (κ1) is 19.2. The summed E-state index contributed by atoms with van der Waals surface area (Å²) in [5.41, 5.74) is 1.23. The highest BCUT2D eigenvalue weighted by molar-refractivity contribution is 5.83. The minimum Gasteiger partial charge on any atom is -0.396 e. The van der Waals surface area contributed by atoms with Gasteiger partial charge in [0.1, 0.15) is 23.8 Å². The predicted molar refractivity (Wildman–Crippen MR) is 110 cm³/mol. The Morgan fingerprint density at radius 1 is 1.10 bits per heavy atom. The Hall–Kier alpha value is -2.82. The van der Waals surface area contributed by atoms with Gasteiger partial charge < -0.3 is 30.1 Å². The van der Waals surface area contributed by atoms with E-state index in [0.717, 1.165) is 25.3 Å². The van der Waals surface area contributed by atoms with Gasteiger partial charge in [-0.05, 0) is 25.0 Å². The summed E-state index contributed by atoms with van der Waals surface area (Å²) in [6.07, 6.45) is 4.37. The Morgan fingerprint density at radius 2 is 2.00 bits per heavy atom. The van der Waals surface area contributed by atoms with Gasteiger partial charge in [0.15, 0.2) is 11.5 Å². The van der Waals surface area contributed by atoms with E-state index in [1.54, 1.807) is 17.1 Å². The van der Waals surface area contributed by atoms with Gasteiger partial charge in [-0.25, -0.2) is 19.9 Å². The van der Waals surface area contributed by atoms with Gasteiger partial charge in [0, 0.05) is 37.9 Å². The lowest BCUT2D eigenvalue weighted by molar-refractivity contribution is -0.00370. The van der Waals surface area contributed by atoms with Crippen molar-refractivity contribution in [1.29, 1.82) is 0 Å². The summed E-state index contributed by atoms with van der Waals surface area (Å²) in [6.45, 7) is 1.55. The standard InChI is InChI=1S/C20H25N7O3/c28-9-12-7-14(18(30)17(12)29)27-11-24-16-19(22-10-23-20(16)27)25-13-4-6-26(8-13)15-3-1-2-5-21-15/h1-3,5,10-14,17-18,28-30H,4,6-9H2,(H,22,23,25)/t12-,13+,14-,17-,18+/m1/s1. The van der Waals surface area contributed by atoms with Crippen LogP contribution >= 0.6 is 0 Å². The third-order valence-corrected chi connectivity index (χ3v) is 6.22. The average Bonchev–Trinajstić information content (AvgIpc) is 3.48. The molecule has 1 aliphatic carbocycles. The highest BCUT2D eigenvalue weighted by Gasteiger charge is 2.42. The number of pyridine rings is 1. The maximum Gasteiger partial charge on any atom is 0.165 e. The lowest BCUT2D eigenvalue weighted by atomic mass is 10.1. The molecular weight excluding hydrogens is 386 g/mol. The minimum absolute atomic E-state index is 0.169. The van der Waals surface area contributed by atoms with Gasteiger partial charge >= 0.3 is 0 Å². The Kier molecular flexibility index (Phi) is 4.97. The second-order valence-corrected chi connectivity index (χ2v) is 8.04. The molecule has 0 aromatic carbocycles. The Labute approximate surface area is 173 Å². The number of aliphatic hydroxyl groups is 3. The van der Waals surface area contributed by atoms with Crippen molar-refractivity contribution in [2.45, 2.75) is 37.1 Å². The molecule has 1 saturated heterocycles. The molecule has 5 rings (SSSR count). The zero-order valence-electron chi connectivity index (χ0n) is 16.4. The third kappa shape index (κ3) is 3.26. The molecule has 0 amide bonds. The van der Waals surface area contributed by atoms with E-state index in [9.17, 15) is 15.3 Å². The maximum atomic E-state index is 10.4. The molecule has 1 aliphatic heterocycles. The summed E-state index contributed by atoms with van der Waals surface area (Å²) in [5.74, 6) is 1.25. The van der Waals surface area contributed by atoms with E-state index in [0.29, 0.717) is 23.4 Å². The quantitative estimate of drug-likeness (QED) is 0.464. The molecule has 0 radical (unpaired) electrons. The first-order chi connectivity index (χ1) is 14.7. The number of hydrogen-bond donors (Lipinski definition) is 4. The van der Waals surface area contributed by atoms with Crippen LogP contribution in [0.15, 0.2) is 37.1 Å². The number of aromatic nitrogens is 5. The van der Waals surface area contributed by atoms with E-state index < -0.39 is 18.2 Å². The van der Waals surface area contributed by atoms with Crippen molar-refractivity contribution >= 4 is 22.8 Å². The van der Waals surface area contributed by atoms with E-state index in [1.165, 1.54) is 6.33 Å². The fourth-order valence-electron chi connectivity index (χ4n) is 4.58. The Balaban J connectivity index is 1.36. The van der Waals surface area contributed by atoms with Crippen LogP contribution < -0.4 is 10.2 Å². The van der Waals surface area contributed by atoms with Crippen LogP contribution in [0.3, 0.4) is 0 Å². The Morgan fingerprint density at radius 3 is 2.77 bits per heavy atom. The molecule has 0 spiro atoms. The molecule has 158 valence electrons. The van der Waals surface area contributed by atoms with Crippen LogP contribution in [-0.2, 0) is 0 Å². The largest absolute Gasteiger partial charge is 0.396 e. The van der Waals surface area contributed by atoms with Gasteiger partial charge in [0.2, 0.25) is 0 Å². The van der Waals surface area contributed by atoms with E-state index in [2.05, 4.69) is 30.2 Å².